The maximum absolute atomic E-state index is 12.1. The minimum atomic E-state index is -0.0999. The molecule has 1 unspecified atom stereocenters. The van der Waals surface area contributed by atoms with Crippen molar-refractivity contribution in [3.63, 3.8) is 0 Å². The van der Waals surface area contributed by atoms with E-state index in [1.54, 1.807) is 13.2 Å². The number of Topliss-reactive ketones (excluding diaryl/α,β-unsaturated/α-hetero) is 1. The van der Waals surface area contributed by atoms with Crippen LogP contribution in [-0.2, 0) is 0 Å². The average Bonchev–Trinajstić information content (AvgIpc) is 2.35. The summed E-state index contributed by atoms with van der Waals surface area (Å²) in [5, 5.41) is 3.18. The molecule has 1 rings (SSSR count). The van der Waals surface area contributed by atoms with Gasteiger partial charge in [0.25, 0.3) is 0 Å². The van der Waals surface area contributed by atoms with Crippen molar-refractivity contribution in [2.75, 3.05) is 13.7 Å². The Hall–Kier alpha value is -1.35. The zero-order valence-electron chi connectivity index (χ0n) is 10.1. The molecular weight excluding hydrogens is 202 g/mol. The molecule has 0 radical (unpaired) electrons. The van der Waals surface area contributed by atoms with Crippen molar-refractivity contribution < 1.29 is 9.53 Å². The summed E-state index contributed by atoms with van der Waals surface area (Å²) < 4.78 is 5.11. The molecule has 0 saturated heterocycles. The van der Waals surface area contributed by atoms with Crippen molar-refractivity contribution in [2.45, 2.75) is 26.3 Å². The number of methoxy groups -OCH3 is 1. The molecule has 1 N–H and O–H groups in total. The van der Waals surface area contributed by atoms with E-state index in [0.29, 0.717) is 5.56 Å². The number of rotatable bonds is 6. The van der Waals surface area contributed by atoms with Gasteiger partial charge in [0, 0.05) is 5.56 Å². The molecule has 0 aromatic heterocycles. The van der Waals surface area contributed by atoms with Crippen LogP contribution in [0.25, 0.3) is 0 Å². The minimum absolute atomic E-state index is 0.0999. The Morgan fingerprint density at radius 1 is 1.44 bits per heavy atom. The van der Waals surface area contributed by atoms with Gasteiger partial charge in [-0.1, -0.05) is 26.0 Å². The molecule has 0 heterocycles. The summed E-state index contributed by atoms with van der Waals surface area (Å²) in [6.07, 6.45) is 0.796. The lowest BCUT2D eigenvalue weighted by Crippen LogP contribution is -2.36. The molecule has 16 heavy (non-hydrogen) atoms. The lowest BCUT2D eigenvalue weighted by atomic mass is 10.0. The zero-order valence-corrected chi connectivity index (χ0v) is 10.1. The topological polar surface area (TPSA) is 38.3 Å². The molecule has 0 amide bonds. The maximum atomic E-state index is 12.1. The van der Waals surface area contributed by atoms with Crippen molar-refractivity contribution in [3.8, 4) is 5.75 Å². The van der Waals surface area contributed by atoms with E-state index in [1.807, 2.05) is 32.0 Å². The number of hydrogen-bond acceptors (Lipinski definition) is 3. The van der Waals surface area contributed by atoms with Gasteiger partial charge >= 0.3 is 0 Å². The van der Waals surface area contributed by atoms with Crippen molar-refractivity contribution in [3.05, 3.63) is 29.8 Å². The van der Waals surface area contributed by atoms with Crippen molar-refractivity contribution in [1.82, 2.24) is 5.32 Å². The quantitative estimate of drug-likeness (QED) is 0.749. The second-order valence-electron chi connectivity index (χ2n) is 3.61. The predicted molar refractivity (Wildman–Crippen MR) is 65.1 cm³/mol. The molecule has 0 aliphatic carbocycles. The summed E-state index contributed by atoms with van der Waals surface area (Å²) in [7, 11) is 1.60. The highest BCUT2D eigenvalue weighted by atomic mass is 16.5. The second kappa shape index (κ2) is 6.28. The van der Waals surface area contributed by atoms with Crippen LogP contribution >= 0.6 is 0 Å². The molecule has 0 bridgehead atoms. The van der Waals surface area contributed by atoms with Gasteiger partial charge in [-0.05, 0) is 25.1 Å². The van der Waals surface area contributed by atoms with Gasteiger partial charge in [-0.25, -0.2) is 0 Å². The number of carbonyl (C=O) groups excluding carboxylic acids is 1. The van der Waals surface area contributed by atoms with Gasteiger partial charge in [0.2, 0.25) is 0 Å². The average molecular weight is 221 g/mol. The Labute approximate surface area is 96.8 Å². The Bertz CT molecular complexity index is 350. The Kier molecular flexibility index (Phi) is 4.99. The molecule has 3 nitrogen and oxygen atoms in total. The number of hydrogen-bond donors (Lipinski definition) is 1. The van der Waals surface area contributed by atoms with E-state index in [2.05, 4.69) is 5.32 Å². The first-order valence-corrected chi connectivity index (χ1v) is 5.64. The van der Waals surface area contributed by atoms with Crippen LogP contribution < -0.4 is 10.1 Å². The molecule has 0 saturated carbocycles. The van der Waals surface area contributed by atoms with Gasteiger partial charge in [0.15, 0.2) is 5.78 Å². The van der Waals surface area contributed by atoms with Crippen LogP contribution in [0, 0.1) is 0 Å². The number of ether oxygens (including phenoxy) is 1. The first-order valence-electron chi connectivity index (χ1n) is 5.64. The Morgan fingerprint density at radius 3 is 2.75 bits per heavy atom. The van der Waals surface area contributed by atoms with E-state index in [1.165, 1.54) is 0 Å². The summed E-state index contributed by atoms with van der Waals surface area (Å²) in [6.45, 7) is 4.81. The van der Waals surface area contributed by atoms with E-state index in [-0.39, 0.29) is 11.8 Å². The lowest BCUT2D eigenvalue weighted by Gasteiger charge is -2.14. The monoisotopic (exact) mass is 221 g/mol. The van der Waals surface area contributed by atoms with Crippen LogP contribution in [0.2, 0.25) is 0 Å². The van der Waals surface area contributed by atoms with E-state index < -0.39 is 0 Å². The first kappa shape index (κ1) is 12.7. The number of benzene rings is 1. The highest BCUT2D eigenvalue weighted by molar-refractivity contribution is 6.00. The normalized spacial score (nSPS) is 12.2. The summed E-state index contributed by atoms with van der Waals surface area (Å²) >= 11 is 0. The van der Waals surface area contributed by atoms with Gasteiger partial charge in [0.1, 0.15) is 5.75 Å². The Balaban J connectivity index is 2.85. The molecule has 3 heteroatoms. The number of carbonyl (C=O) groups is 1. The van der Waals surface area contributed by atoms with Gasteiger partial charge < -0.3 is 10.1 Å². The molecule has 1 aromatic carbocycles. The summed E-state index contributed by atoms with van der Waals surface area (Å²) in [4.78, 5) is 12.1. The van der Waals surface area contributed by atoms with E-state index in [9.17, 15) is 4.79 Å². The largest absolute Gasteiger partial charge is 0.497 e. The number of likely N-dealkylation sites (N-methyl/N-ethyl adjacent to an activating group) is 1. The summed E-state index contributed by atoms with van der Waals surface area (Å²) in [6, 6.07) is 7.18. The predicted octanol–water partition coefficient (Wildman–Crippen LogP) is 2.27. The highest BCUT2D eigenvalue weighted by Crippen LogP contribution is 2.14. The minimum Gasteiger partial charge on any atom is -0.497 e. The van der Waals surface area contributed by atoms with Crippen molar-refractivity contribution in [1.29, 1.82) is 0 Å². The number of nitrogens with one attached hydrogen (secondary N) is 1. The van der Waals surface area contributed by atoms with Crippen LogP contribution in [0.3, 0.4) is 0 Å². The molecule has 0 fully saturated rings. The molecule has 1 aromatic rings. The van der Waals surface area contributed by atoms with Crippen LogP contribution in [0.15, 0.2) is 24.3 Å². The second-order valence-corrected chi connectivity index (χ2v) is 3.61. The van der Waals surface area contributed by atoms with Gasteiger partial charge in [-0.15, -0.1) is 0 Å². The third-order valence-electron chi connectivity index (χ3n) is 2.53. The Morgan fingerprint density at radius 2 is 2.19 bits per heavy atom. The molecule has 88 valence electrons. The van der Waals surface area contributed by atoms with Crippen LogP contribution in [0.4, 0.5) is 0 Å². The van der Waals surface area contributed by atoms with Gasteiger partial charge in [-0.2, -0.15) is 0 Å². The molecule has 0 aliphatic heterocycles. The van der Waals surface area contributed by atoms with Crippen molar-refractivity contribution >= 4 is 5.78 Å². The molecule has 0 spiro atoms. The molecule has 0 aliphatic rings. The van der Waals surface area contributed by atoms with Gasteiger partial charge in [0.05, 0.1) is 13.2 Å². The standard InChI is InChI=1S/C13H19NO2/c1-4-12(14-5-2)13(15)10-7-6-8-11(9-10)16-3/h6-9,12,14H,4-5H2,1-3H3. The van der Waals surface area contributed by atoms with Crippen LogP contribution in [0.5, 0.6) is 5.75 Å². The first-order chi connectivity index (χ1) is 7.72. The number of ketones is 1. The highest BCUT2D eigenvalue weighted by Gasteiger charge is 2.17. The third-order valence-corrected chi connectivity index (χ3v) is 2.53. The fourth-order valence-electron chi connectivity index (χ4n) is 1.65. The fourth-order valence-corrected chi connectivity index (χ4v) is 1.65. The van der Waals surface area contributed by atoms with Crippen LogP contribution in [0.1, 0.15) is 30.6 Å². The fraction of sp³-hybridized carbons (Fsp3) is 0.462. The SMILES string of the molecule is CCNC(CC)C(=O)c1cccc(OC)c1. The van der Waals surface area contributed by atoms with Crippen molar-refractivity contribution in [2.24, 2.45) is 0 Å². The lowest BCUT2D eigenvalue weighted by molar-refractivity contribution is 0.0941. The maximum Gasteiger partial charge on any atom is 0.179 e. The third kappa shape index (κ3) is 3.07. The van der Waals surface area contributed by atoms with E-state index >= 15 is 0 Å². The zero-order chi connectivity index (χ0) is 12.0. The smallest absolute Gasteiger partial charge is 0.179 e. The van der Waals surface area contributed by atoms with E-state index in [0.717, 1.165) is 18.7 Å². The van der Waals surface area contributed by atoms with Crippen LogP contribution in [-0.4, -0.2) is 25.5 Å². The van der Waals surface area contributed by atoms with Gasteiger partial charge in [-0.3, -0.25) is 4.79 Å². The summed E-state index contributed by atoms with van der Waals surface area (Å²) in [5.41, 5.74) is 0.701. The van der Waals surface area contributed by atoms with E-state index in [4.69, 9.17) is 4.74 Å². The molecule has 1 atom stereocenters. The molecular formula is C13H19NO2. The summed E-state index contributed by atoms with van der Waals surface area (Å²) in [5.74, 6) is 0.848.